The molecule has 2 aliphatic rings. The minimum Gasteiger partial charge on any atom is -0.468 e. The van der Waals surface area contributed by atoms with E-state index in [1.165, 1.54) is 0 Å². The zero-order valence-corrected chi connectivity index (χ0v) is 14.2. The van der Waals surface area contributed by atoms with Gasteiger partial charge in [-0.1, -0.05) is 6.07 Å². The molecule has 0 aliphatic carbocycles. The van der Waals surface area contributed by atoms with Crippen LogP contribution in [-0.2, 0) is 17.9 Å². The number of hydrogen-bond donors (Lipinski definition) is 0. The van der Waals surface area contributed by atoms with E-state index in [0.29, 0.717) is 17.5 Å². The molecule has 0 aromatic carbocycles. The SMILES string of the molecule is Cc1cccc(CO[C@H]2CSC3(C2)CN(Cc2ccco2)C3)n1. The van der Waals surface area contributed by atoms with Gasteiger partial charge in [0.2, 0.25) is 0 Å². The molecule has 0 radical (unpaired) electrons. The first-order valence-corrected chi connectivity index (χ1v) is 9.12. The summed E-state index contributed by atoms with van der Waals surface area (Å²) in [5.41, 5.74) is 2.08. The van der Waals surface area contributed by atoms with Gasteiger partial charge < -0.3 is 9.15 Å². The van der Waals surface area contributed by atoms with E-state index in [4.69, 9.17) is 9.15 Å². The predicted molar refractivity (Wildman–Crippen MR) is 91.3 cm³/mol. The molecule has 5 heteroatoms. The molecule has 0 amide bonds. The molecule has 2 aromatic rings. The highest BCUT2D eigenvalue weighted by atomic mass is 32.2. The Morgan fingerprint density at radius 3 is 3.04 bits per heavy atom. The number of hydrogen-bond acceptors (Lipinski definition) is 5. The van der Waals surface area contributed by atoms with Crippen LogP contribution in [0.25, 0.3) is 0 Å². The van der Waals surface area contributed by atoms with Crippen LogP contribution in [-0.4, -0.2) is 39.6 Å². The molecule has 4 rings (SSSR count). The standard InChI is InChI=1S/C18H22N2O2S/c1-14-4-2-5-15(19-14)10-22-17-8-18(23-11-17)12-20(13-18)9-16-6-3-7-21-16/h2-7,17H,8-13H2,1H3/t17-/m1/s1. The number of ether oxygens (including phenoxy) is 1. The third-order valence-corrected chi connectivity index (χ3v) is 6.15. The molecule has 0 N–H and O–H groups in total. The minimum absolute atomic E-state index is 0.355. The summed E-state index contributed by atoms with van der Waals surface area (Å²) in [5, 5.41) is 0. The summed E-state index contributed by atoms with van der Waals surface area (Å²) in [7, 11) is 0. The van der Waals surface area contributed by atoms with E-state index in [0.717, 1.165) is 49.0 Å². The van der Waals surface area contributed by atoms with E-state index < -0.39 is 0 Å². The van der Waals surface area contributed by atoms with Gasteiger partial charge in [0, 0.05) is 29.3 Å². The molecule has 1 atom stereocenters. The Morgan fingerprint density at radius 2 is 2.26 bits per heavy atom. The first-order valence-electron chi connectivity index (χ1n) is 8.14. The lowest BCUT2D eigenvalue weighted by molar-refractivity contribution is 0.0237. The first-order chi connectivity index (χ1) is 11.2. The van der Waals surface area contributed by atoms with Gasteiger partial charge >= 0.3 is 0 Å². The fourth-order valence-corrected chi connectivity index (χ4v) is 5.12. The molecule has 0 bridgehead atoms. The van der Waals surface area contributed by atoms with E-state index >= 15 is 0 Å². The Kier molecular flexibility index (Phi) is 4.18. The summed E-state index contributed by atoms with van der Waals surface area (Å²) < 4.78 is 11.9. The monoisotopic (exact) mass is 330 g/mol. The average Bonchev–Trinajstić information content (AvgIpc) is 3.15. The maximum atomic E-state index is 6.10. The van der Waals surface area contributed by atoms with Crippen LogP contribution in [0, 0.1) is 6.92 Å². The van der Waals surface area contributed by atoms with Crippen molar-refractivity contribution in [3.63, 3.8) is 0 Å². The molecule has 1 spiro atoms. The van der Waals surface area contributed by atoms with Gasteiger partial charge in [0.05, 0.1) is 31.2 Å². The molecule has 4 heterocycles. The van der Waals surface area contributed by atoms with Crippen LogP contribution in [0.15, 0.2) is 41.0 Å². The third kappa shape index (κ3) is 3.47. The smallest absolute Gasteiger partial charge is 0.117 e. The highest BCUT2D eigenvalue weighted by molar-refractivity contribution is 8.01. The summed E-state index contributed by atoms with van der Waals surface area (Å²) in [6.45, 7) is 5.85. The van der Waals surface area contributed by atoms with E-state index in [1.807, 2.05) is 37.3 Å². The van der Waals surface area contributed by atoms with E-state index in [1.54, 1.807) is 6.26 Å². The second-order valence-corrected chi connectivity index (χ2v) is 8.11. The van der Waals surface area contributed by atoms with Crippen molar-refractivity contribution in [2.45, 2.75) is 37.3 Å². The zero-order valence-electron chi connectivity index (χ0n) is 13.4. The molecule has 4 nitrogen and oxygen atoms in total. The Hall–Kier alpha value is -1.30. The van der Waals surface area contributed by atoms with Crippen molar-refractivity contribution >= 4 is 11.8 Å². The highest BCUT2D eigenvalue weighted by Gasteiger charge is 2.49. The maximum Gasteiger partial charge on any atom is 0.117 e. The van der Waals surface area contributed by atoms with Crippen LogP contribution in [0.1, 0.15) is 23.6 Å². The molecule has 122 valence electrons. The van der Waals surface area contributed by atoms with Gasteiger partial charge in [-0.3, -0.25) is 9.88 Å². The van der Waals surface area contributed by atoms with Crippen molar-refractivity contribution < 1.29 is 9.15 Å². The summed E-state index contributed by atoms with van der Waals surface area (Å²) in [6, 6.07) is 10.1. The predicted octanol–water partition coefficient (Wildman–Crippen LogP) is 3.26. The van der Waals surface area contributed by atoms with Crippen molar-refractivity contribution in [1.29, 1.82) is 0 Å². The van der Waals surface area contributed by atoms with Crippen molar-refractivity contribution in [3.8, 4) is 0 Å². The van der Waals surface area contributed by atoms with Crippen LogP contribution in [0.5, 0.6) is 0 Å². The van der Waals surface area contributed by atoms with Crippen LogP contribution in [0.2, 0.25) is 0 Å². The van der Waals surface area contributed by atoms with Crippen LogP contribution in [0.3, 0.4) is 0 Å². The van der Waals surface area contributed by atoms with E-state index in [2.05, 4.69) is 21.6 Å². The van der Waals surface area contributed by atoms with Gasteiger partial charge in [-0.15, -0.1) is 11.8 Å². The number of aryl methyl sites for hydroxylation is 1. The molecular formula is C18H22N2O2S. The van der Waals surface area contributed by atoms with Gasteiger partial charge in [0.1, 0.15) is 5.76 Å². The average molecular weight is 330 g/mol. The lowest BCUT2D eigenvalue weighted by Crippen LogP contribution is -2.58. The highest BCUT2D eigenvalue weighted by Crippen LogP contribution is 2.46. The second kappa shape index (κ2) is 6.30. The van der Waals surface area contributed by atoms with Gasteiger partial charge in [-0.25, -0.2) is 0 Å². The fourth-order valence-electron chi connectivity index (χ4n) is 3.52. The number of likely N-dealkylation sites (tertiary alicyclic amines) is 1. The molecule has 2 aromatic heterocycles. The lowest BCUT2D eigenvalue weighted by atomic mass is 9.93. The van der Waals surface area contributed by atoms with Gasteiger partial charge in [-0.2, -0.15) is 0 Å². The van der Waals surface area contributed by atoms with Gasteiger partial charge in [-0.05, 0) is 37.6 Å². The van der Waals surface area contributed by atoms with Crippen LogP contribution >= 0.6 is 11.8 Å². The molecule has 0 unspecified atom stereocenters. The number of thioether (sulfide) groups is 1. The normalized spacial score (nSPS) is 23.3. The quantitative estimate of drug-likeness (QED) is 0.841. The molecule has 2 saturated heterocycles. The lowest BCUT2D eigenvalue weighted by Gasteiger charge is -2.47. The molecule has 2 fully saturated rings. The Morgan fingerprint density at radius 1 is 1.35 bits per heavy atom. The maximum absolute atomic E-state index is 6.10. The molecular weight excluding hydrogens is 308 g/mol. The van der Waals surface area contributed by atoms with Crippen molar-refractivity contribution in [2.24, 2.45) is 0 Å². The van der Waals surface area contributed by atoms with Crippen molar-refractivity contribution in [1.82, 2.24) is 9.88 Å². The van der Waals surface area contributed by atoms with E-state index in [-0.39, 0.29) is 0 Å². The summed E-state index contributed by atoms with van der Waals surface area (Å²) in [4.78, 5) is 6.96. The van der Waals surface area contributed by atoms with Crippen LogP contribution in [0.4, 0.5) is 0 Å². The topological polar surface area (TPSA) is 38.5 Å². The minimum atomic E-state index is 0.355. The molecule has 0 saturated carbocycles. The Balaban J connectivity index is 1.24. The van der Waals surface area contributed by atoms with Gasteiger partial charge in [0.25, 0.3) is 0 Å². The largest absolute Gasteiger partial charge is 0.468 e. The fraction of sp³-hybridized carbons (Fsp3) is 0.500. The van der Waals surface area contributed by atoms with Crippen molar-refractivity contribution in [3.05, 3.63) is 53.7 Å². The molecule has 2 aliphatic heterocycles. The zero-order chi connectivity index (χ0) is 15.7. The summed E-state index contributed by atoms with van der Waals surface area (Å²) >= 11 is 2.08. The number of nitrogens with zero attached hydrogens (tertiary/aromatic N) is 2. The Bertz CT molecular complexity index is 653. The second-order valence-electron chi connectivity index (χ2n) is 6.63. The summed E-state index contributed by atoms with van der Waals surface area (Å²) in [6.07, 6.45) is 3.25. The number of rotatable bonds is 5. The summed E-state index contributed by atoms with van der Waals surface area (Å²) in [5.74, 6) is 2.15. The van der Waals surface area contributed by atoms with Gasteiger partial charge in [0.15, 0.2) is 0 Å². The Labute approximate surface area is 141 Å². The molecule has 23 heavy (non-hydrogen) atoms. The first kappa shape index (κ1) is 15.2. The third-order valence-electron chi connectivity index (χ3n) is 4.57. The number of aromatic nitrogens is 1. The van der Waals surface area contributed by atoms with Crippen molar-refractivity contribution in [2.75, 3.05) is 18.8 Å². The number of pyridine rings is 1. The van der Waals surface area contributed by atoms with Crippen LogP contribution < -0.4 is 0 Å². The van der Waals surface area contributed by atoms with E-state index in [9.17, 15) is 0 Å². The number of furan rings is 1.